The second-order valence-corrected chi connectivity index (χ2v) is 9.58. The van der Waals surface area contributed by atoms with Crippen molar-refractivity contribution in [2.24, 2.45) is 0 Å². The molecular formula is C29H26ClFN4O2. The van der Waals surface area contributed by atoms with Crippen LogP contribution in [-0.2, 0) is 4.79 Å². The van der Waals surface area contributed by atoms with Crippen LogP contribution in [0.3, 0.4) is 0 Å². The zero-order valence-electron chi connectivity index (χ0n) is 20.4. The zero-order valence-corrected chi connectivity index (χ0v) is 21.2. The maximum atomic E-state index is 14.2. The summed E-state index contributed by atoms with van der Waals surface area (Å²) in [6.07, 6.45) is 1.97. The highest BCUT2D eigenvalue weighted by molar-refractivity contribution is 6.30. The van der Waals surface area contributed by atoms with Gasteiger partial charge in [-0.3, -0.25) is 9.69 Å². The molecule has 3 aromatic carbocycles. The largest absolute Gasteiger partial charge is 0.322 e. The SMILES string of the molecule is CC(C)N(CC(=O)N1c2ccccc2-n2cccc2C1c1cccc(Cl)c1)C(=O)Nc1ccccc1F. The molecule has 0 aliphatic carbocycles. The first-order chi connectivity index (χ1) is 17.8. The Balaban J connectivity index is 1.53. The Labute approximate surface area is 219 Å². The predicted octanol–water partition coefficient (Wildman–Crippen LogP) is 6.65. The second kappa shape index (κ2) is 10.1. The van der Waals surface area contributed by atoms with Crippen LogP contribution in [0.15, 0.2) is 91.1 Å². The van der Waals surface area contributed by atoms with E-state index in [0.29, 0.717) is 5.02 Å². The molecule has 1 aliphatic heterocycles. The van der Waals surface area contributed by atoms with E-state index >= 15 is 0 Å². The molecule has 0 saturated carbocycles. The van der Waals surface area contributed by atoms with Crippen molar-refractivity contribution in [3.63, 3.8) is 0 Å². The Morgan fingerprint density at radius 3 is 2.43 bits per heavy atom. The van der Waals surface area contributed by atoms with Crippen molar-refractivity contribution < 1.29 is 14.0 Å². The topological polar surface area (TPSA) is 57.6 Å². The molecule has 0 fully saturated rings. The molecule has 188 valence electrons. The van der Waals surface area contributed by atoms with E-state index in [1.807, 2.05) is 74.6 Å². The number of halogens is 2. The number of carbonyl (C=O) groups excluding carboxylic acids is 2. The summed E-state index contributed by atoms with van der Waals surface area (Å²) in [7, 11) is 0. The second-order valence-electron chi connectivity index (χ2n) is 9.14. The number of hydrogen-bond acceptors (Lipinski definition) is 2. The molecule has 1 atom stereocenters. The molecule has 0 spiro atoms. The fourth-order valence-corrected chi connectivity index (χ4v) is 4.91. The molecule has 3 amide bonds. The van der Waals surface area contributed by atoms with Crippen LogP contribution >= 0.6 is 11.6 Å². The number of carbonyl (C=O) groups is 2. The lowest BCUT2D eigenvalue weighted by Crippen LogP contribution is -2.49. The van der Waals surface area contributed by atoms with Crippen LogP contribution in [0.1, 0.15) is 31.1 Å². The van der Waals surface area contributed by atoms with Gasteiger partial charge in [-0.15, -0.1) is 0 Å². The monoisotopic (exact) mass is 516 g/mol. The number of anilines is 2. The fraction of sp³-hybridized carbons (Fsp3) is 0.172. The lowest BCUT2D eigenvalue weighted by Gasteiger charge is -2.40. The van der Waals surface area contributed by atoms with Crippen LogP contribution < -0.4 is 10.2 Å². The van der Waals surface area contributed by atoms with Crippen molar-refractivity contribution in [3.8, 4) is 5.69 Å². The first kappa shape index (κ1) is 24.6. The molecule has 0 radical (unpaired) electrons. The molecule has 2 heterocycles. The Morgan fingerprint density at radius 2 is 1.70 bits per heavy atom. The van der Waals surface area contributed by atoms with Gasteiger partial charge in [-0.2, -0.15) is 0 Å². The minimum Gasteiger partial charge on any atom is -0.316 e. The summed E-state index contributed by atoms with van der Waals surface area (Å²) < 4.78 is 16.3. The summed E-state index contributed by atoms with van der Waals surface area (Å²) >= 11 is 6.35. The summed E-state index contributed by atoms with van der Waals surface area (Å²) in [5.41, 5.74) is 3.40. The molecule has 0 saturated heterocycles. The molecule has 4 aromatic rings. The molecular weight excluding hydrogens is 491 g/mol. The first-order valence-electron chi connectivity index (χ1n) is 12.0. The van der Waals surface area contributed by atoms with E-state index in [2.05, 4.69) is 9.88 Å². The minimum atomic E-state index is -0.554. The van der Waals surface area contributed by atoms with Gasteiger partial charge in [0.1, 0.15) is 18.4 Å². The predicted molar refractivity (Wildman–Crippen MR) is 144 cm³/mol. The van der Waals surface area contributed by atoms with Crippen LogP contribution in [0.2, 0.25) is 5.02 Å². The minimum absolute atomic E-state index is 0.0588. The van der Waals surface area contributed by atoms with Crippen molar-refractivity contribution in [2.75, 3.05) is 16.8 Å². The third kappa shape index (κ3) is 4.70. The number of nitrogens with zero attached hydrogens (tertiary/aromatic N) is 3. The normalized spacial score (nSPS) is 14.2. The molecule has 0 bridgehead atoms. The molecule has 6 nitrogen and oxygen atoms in total. The Bertz CT molecular complexity index is 1470. The average molecular weight is 517 g/mol. The van der Waals surface area contributed by atoms with Gasteiger partial charge < -0.3 is 14.8 Å². The molecule has 5 rings (SSSR count). The Morgan fingerprint density at radius 1 is 0.973 bits per heavy atom. The third-order valence-corrected chi connectivity index (χ3v) is 6.69. The quantitative estimate of drug-likeness (QED) is 0.323. The van der Waals surface area contributed by atoms with Crippen molar-refractivity contribution in [3.05, 3.63) is 113 Å². The van der Waals surface area contributed by atoms with E-state index in [-0.39, 0.29) is 24.2 Å². The van der Waals surface area contributed by atoms with Crippen LogP contribution in [-0.4, -0.2) is 34.0 Å². The van der Waals surface area contributed by atoms with Crippen LogP contribution in [0.4, 0.5) is 20.6 Å². The van der Waals surface area contributed by atoms with E-state index in [0.717, 1.165) is 22.6 Å². The fourth-order valence-electron chi connectivity index (χ4n) is 4.71. The van der Waals surface area contributed by atoms with E-state index in [9.17, 15) is 14.0 Å². The molecule has 37 heavy (non-hydrogen) atoms. The van der Waals surface area contributed by atoms with Crippen LogP contribution in [0.25, 0.3) is 5.69 Å². The van der Waals surface area contributed by atoms with Gasteiger partial charge in [-0.1, -0.05) is 48.0 Å². The number of rotatable bonds is 5. The number of aromatic nitrogens is 1. The molecule has 1 N–H and O–H groups in total. The van der Waals surface area contributed by atoms with E-state index in [1.165, 1.54) is 17.0 Å². The van der Waals surface area contributed by atoms with Gasteiger partial charge in [0.25, 0.3) is 0 Å². The molecule has 1 unspecified atom stereocenters. The third-order valence-electron chi connectivity index (χ3n) is 6.46. The summed E-state index contributed by atoms with van der Waals surface area (Å²) in [6, 6.07) is 23.6. The number of urea groups is 1. The highest BCUT2D eigenvalue weighted by Gasteiger charge is 2.37. The van der Waals surface area contributed by atoms with Crippen LogP contribution in [0, 0.1) is 5.82 Å². The summed E-state index contributed by atoms with van der Waals surface area (Å²) in [4.78, 5) is 30.4. The number of benzene rings is 3. The number of nitrogens with one attached hydrogen (secondary N) is 1. The standard InChI is InChI=1S/C29H26ClFN4O2/c1-19(2)34(29(37)32-23-12-4-3-11-22(23)31)18-27(36)35-25-14-6-5-13-24(25)33-16-8-15-26(33)28(35)20-9-7-10-21(30)17-20/h3-17,19,28H,18H2,1-2H3,(H,32,37). The smallest absolute Gasteiger partial charge is 0.316 e. The number of amides is 3. The lowest BCUT2D eigenvalue weighted by atomic mass is 9.97. The first-order valence-corrected chi connectivity index (χ1v) is 12.4. The maximum Gasteiger partial charge on any atom is 0.322 e. The van der Waals surface area contributed by atoms with Gasteiger partial charge in [0.15, 0.2) is 0 Å². The van der Waals surface area contributed by atoms with Crippen molar-refractivity contribution >= 4 is 34.9 Å². The van der Waals surface area contributed by atoms with Gasteiger partial charge in [-0.05, 0) is 67.9 Å². The summed E-state index contributed by atoms with van der Waals surface area (Å²) in [6.45, 7) is 3.43. The van der Waals surface area contributed by atoms with Crippen molar-refractivity contribution in [2.45, 2.75) is 25.9 Å². The Kier molecular flexibility index (Phi) is 6.72. The van der Waals surface area contributed by atoms with Gasteiger partial charge >= 0.3 is 6.03 Å². The lowest BCUT2D eigenvalue weighted by molar-refractivity contribution is -0.119. The van der Waals surface area contributed by atoms with Crippen LogP contribution in [0.5, 0.6) is 0 Å². The zero-order chi connectivity index (χ0) is 26.1. The van der Waals surface area contributed by atoms with E-state index in [1.54, 1.807) is 23.1 Å². The molecule has 1 aliphatic rings. The van der Waals surface area contributed by atoms with Crippen molar-refractivity contribution in [1.29, 1.82) is 0 Å². The molecule has 1 aromatic heterocycles. The highest BCUT2D eigenvalue weighted by atomic mass is 35.5. The summed E-state index contributed by atoms with van der Waals surface area (Å²) in [5.74, 6) is -0.820. The number of hydrogen-bond donors (Lipinski definition) is 1. The van der Waals surface area contributed by atoms with Gasteiger partial charge in [0, 0.05) is 17.3 Å². The van der Waals surface area contributed by atoms with Gasteiger partial charge in [-0.25, -0.2) is 9.18 Å². The van der Waals surface area contributed by atoms with E-state index < -0.39 is 17.9 Å². The summed E-state index contributed by atoms with van der Waals surface area (Å²) in [5, 5.41) is 3.17. The van der Waals surface area contributed by atoms with Gasteiger partial charge in [0.2, 0.25) is 5.91 Å². The van der Waals surface area contributed by atoms with Crippen molar-refractivity contribution in [1.82, 2.24) is 9.47 Å². The number of fused-ring (bicyclic) bond motifs is 3. The van der Waals surface area contributed by atoms with E-state index in [4.69, 9.17) is 11.6 Å². The number of para-hydroxylation sites is 3. The Hall–Kier alpha value is -4.10. The maximum absolute atomic E-state index is 14.2. The van der Waals surface area contributed by atoms with Gasteiger partial charge in [0.05, 0.1) is 22.8 Å². The molecule has 8 heteroatoms. The average Bonchev–Trinajstić information content (AvgIpc) is 3.37. The highest BCUT2D eigenvalue weighted by Crippen LogP contribution is 2.42.